The zero-order valence-electron chi connectivity index (χ0n) is 15.3. The molecular weight excluding hydrogens is 470 g/mol. The number of para-hydroxylation sites is 1. The average molecular weight is 483 g/mol. The molecule has 6 nitrogen and oxygen atoms in total. The second-order valence-corrected chi connectivity index (χ2v) is 7.67. The lowest BCUT2D eigenvalue weighted by Crippen LogP contribution is -2.32. The summed E-state index contributed by atoms with van der Waals surface area (Å²) in [6.07, 6.45) is 1.44. The maximum Gasteiger partial charge on any atom is 0.282 e. The molecule has 0 aliphatic carbocycles. The summed E-state index contributed by atoms with van der Waals surface area (Å²) in [5.41, 5.74) is 1.61. The first kappa shape index (κ1) is 20.0. The van der Waals surface area contributed by atoms with Gasteiger partial charge in [0.25, 0.3) is 11.6 Å². The summed E-state index contributed by atoms with van der Waals surface area (Å²) in [4.78, 5) is 30.2. The molecular formula is C22H13BrClN3O3. The van der Waals surface area contributed by atoms with Crippen molar-refractivity contribution in [1.29, 1.82) is 0 Å². The zero-order chi connectivity index (χ0) is 21.3. The Bertz CT molecular complexity index is 1220. The lowest BCUT2D eigenvalue weighted by molar-refractivity contribution is -0.385. The number of benzene rings is 3. The van der Waals surface area contributed by atoms with Crippen LogP contribution < -0.4 is 4.90 Å². The molecule has 1 amide bonds. The van der Waals surface area contributed by atoms with Crippen LogP contribution in [0.25, 0.3) is 6.08 Å². The first-order valence-corrected chi connectivity index (χ1v) is 10.0. The van der Waals surface area contributed by atoms with Gasteiger partial charge in [0, 0.05) is 21.1 Å². The molecule has 1 heterocycles. The van der Waals surface area contributed by atoms with Crippen molar-refractivity contribution in [3.8, 4) is 0 Å². The van der Waals surface area contributed by atoms with Gasteiger partial charge in [-0.2, -0.15) is 0 Å². The van der Waals surface area contributed by atoms with Gasteiger partial charge in [0.05, 0.1) is 16.2 Å². The molecule has 0 saturated carbocycles. The van der Waals surface area contributed by atoms with Gasteiger partial charge in [-0.05, 0) is 42.5 Å². The SMILES string of the molecule is O=C1/C(=C\c2ccccc2[N+](=O)[O-])N=C(c2ccccc2Br)N1c1ccc(Cl)cc1. The number of aliphatic imine (C=N–C) groups is 1. The van der Waals surface area contributed by atoms with Crippen LogP contribution in [0.3, 0.4) is 0 Å². The van der Waals surface area contributed by atoms with Crippen LogP contribution in [0.1, 0.15) is 11.1 Å². The Morgan fingerprint density at radius 2 is 1.67 bits per heavy atom. The van der Waals surface area contributed by atoms with E-state index >= 15 is 0 Å². The summed E-state index contributed by atoms with van der Waals surface area (Å²) < 4.78 is 0.766. The third-order valence-corrected chi connectivity index (χ3v) is 5.43. The highest BCUT2D eigenvalue weighted by atomic mass is 79.9. The Kier molecular flexibility index (Phi) is 5.48. The molecule has 8 heteroatoms. The van der Waals surface area contributed by atoms with Crippen molar-refractivity contribution in [1.82, 2.24) is 0 Å². The fourth-order valence-electron chi connectivity index (χ4n) is 3.09. The number of nitro groups is 1. The summed E-state index contributed by atoms with van der Waals surface area (Å²) >= 11 is 9.51. The van der Waals surface area contributed by atoms with Crippen molar-refractivity contribution in [2.45, 2.75) is 0 Å². The van der Waals surface area contributed by atoms with Gasteiger partial charge < -0.3 is 0 Å². The third-order valence-electron chi connectivity index (χ3n) is 4.49. The molecule has 1 aliphatic rings. The number of nitrogens with zero attached hydrogens (tertiary/aromatic N) is 3. The largest absolute Gasteiger partial charge is 0.282 e. The van der Waals surface area contributed by atoms with E-state index in [-0.39, 0.29) is 17.3 Å². The summed E-state index contributed by atoms with van der Waals surface area (Å²) in [5.74, 6) is 0.0286. The molecule has 0 unspecified atom stereocenters. The number of hydrogen-bond acceptors (Lipinski definition) is 4. The molecule has 148 valence electrons. The number of halogens is 2. The fourth-order valence-corrected chi connectivity index (χ4v) is 3.68. The summed E-state index contributed by atoms with van der Waals surface area (Å²) in [6, 6.07) is 20.4. The van der Waals surface area contributed by atoms with Crippen LogP contribution >= 0.6 is 27.5 Å². The monoisotopic (exact) mass is 481 g/mol. The molecule has 30 heavy (non-hydrogen) atoms. The molecule has 0 bridgehead atoms. The first-order chi connectivity index (χ1) is 14.5. The lowest BCUT2D eigenvalue weighted by atomic mass is 10.1. The smallest absolute Gasteiger partial charge is 0.266 e. The molecule has 0 saturated heterocycles. The number of rotatable bonds is 4. The quantitative estimate of drug-likeness (QED) is 0.266. The van der Waals surface area contributed by atoms with Crippen LogP contribution in [0.5, 0.6) is 0 Å². The molecule has 0 fully saturated rings. The lowest BCUT2D eigenvalue weighted by Gasteiger charge is -2.19. The number of amides is 1. The van der Waals surface area contributed by atoms with Crippen molar-refractivity contribution in [3.63, 3.8) is 0 Å². The van der Waals surface area contributed by atoms with Crippen LogP contribution in [0.2, 0.25) is 5.02 Å². The van der Waals surface area contributed by atoms with Gasteiger partial charge in [-0.15, -0.1) is 0 Å². The van der Waals surface area contributed by atoms with E-state index in [1.165, 1.54) is 17.0 Å². The number of carbonyl (C=O) groups excluding carboxylic acids is 1. The maximum absolute atomic E-state index is 13.3. The first-order valence-electron chi connectivity index (χ1n) is 8.84. The normalized spacial score (nSPS) is 14.9. The van der Waals surface area contributed by atoms with Gasteiger partial charge in [-0.1, -0.05) is 57.9 Å². The van der Waals surface area contributed by atoms with E-state index in [1.807, 2.05) is 24.3 Å². The van der Waals surface area contributed by atoms with E-state index in [0.29, 0.717) is 27.7 Å². The van der Waals surface area contributed by atoms with Crippen molar-refractivity contribution in [2.24, 2.45) is 4.99 Å². The molecule has 4 rings (SSSR count). The van der Waals surface area contributed by atoms with Gasteiger partial charge in [-0.25, -0.2) is 4.99 Å². The highest BCUT2D eigenvalue weighted by Crippen LogP contribution is 2.32. The minimum Gasteiger partial charge on any atom is -0.266 e. The van der Waals surface area contributed by atoms with E-state index in [2.05, 4.69) is 20.9 Å². The Balaban J connectivity index is 1.88. The molecule has 0 spiro atoms. The Labute approximate surface area is 185 Å². The number of nitro benzene ring substituents is 1. The molecule has 0 radical (unpaired) electrons. The third kappa shape index (κ3) is 3.77. The standard InChI is InChI=1S/C22H13BrClN3O3/c23-18-7-3-2-6-17(18)21-25-19(13-14-5-1-4-8-20(14)27(29)30)22(28)26(21)16-11-9-15(24)10-12-16/h1-13H/b19-13+. The fraction of sp³-hybridized carbons (Fsp3) is 0. The predicted molar refractivity (Wildman–Crippen MR) is 121 cm³/mol. The summed E-state index contributed by atoms with van der Waals surface area (Å²) in [6.45, 7) is 0. The molecule has 0 N–H and O–H groups in total. The van der Waals surface area contributed by atoms with Crippen LogP contribution in [0.15, 0.2) is 88.0 Å². The van der Waals surface area contributed by atoms with Crippen LogP contribution in [-0.4, -0.2) is 16.7 Å². The van der Waals surface area contributed by atoms with Gasteiger partial charge >= 0.3 is 0 Å². The van der Waals surface area contributed by atoms with E-state index < -0.39 is 4.92 Å². The van der Waals surface area contributed by atoms with Crippen LogP contribution in [0.4, 0.5) is 11.4 Å². The van der Waals surface area contributed by atoms with Gasteiger partial charge in [0.2, 0.25) is 0 Å². The Morgan fingerprint density at radius 1 is 1.00 bits per heavy atom. The van der Waals surface area contributed by atoms with Crippen molar-refractivity contribution in [2.75, 3.05) is 4.90 Å². The molecule has 0 aromatic heterocycles. The second-order valence-electron chi connectivity index (χ2n) is 6.38. The van der Waals surface area contributed by atoms with Crippen molar-refractivity contribution >= 4 is 56.7 Å². The van der Waals surface area contributed by atoms with E-state index in [9.17, 15) is 14.9 Å². The van der Waals surface area contributed by atoms with Gasteiger partial charge in [0.15, 0.2) is 0 Å². The predicted octanol–water partition coefficient (Wildman–Crippen LogP) is 5.85. The molecule has 1 aliphatic heterocycles. The van der Waals surface area contributed by atoms with E-state index in [1.54, 1.807) is 42.5 Å². The number of hydrogen-bond donors (Lipinski definition) is 0. The number of carbonyl (C=O) groups is 1. The molecule has 0 atom stereocenters. The molecule has 3 aromatic rings. The Hall–Kier alpha value is -3.29. The van der Waals surface area contributed by atoms with E-state index in [4.69, 9.17) is 11.6 Å². The van der Waals surface area contributed by atoms with Crippen molar-refractivity contribution < 1.29 is 9.72 Å². The minimum atomic E-state index is -0.485. The highest BCUT2D eigenvalue weighted by Gasteiger charge is 2.33. The highest BCUT2D eigenvalue weighted by molar-refractivity contribution is 9.10. The minimum absolute atomic E-state index is 0.0969. The van der Waals surface area contributed by atoms with E-state index in [0.717, 1.165) is 4.47 Å². The van der Waals surface area contributed by atoms with Crippen LogP contribution in [0, 0.1) is 10.1 Å². The topological polar surface area (TPSA) is 75.8 Å². The maximum atomic E-state index is 13.3. The van der Waals surface area contributed by atoms with Gasteiger partial charge in [0.1, 0.15) is 11.5 Å². The van der Waals surface area contributed by atoms with Gasteiger partial charge in [-0.3, -0.25) is 19.8 Å². The zero-order valence-corrected chi connectivity index (χ0v) is 17.7. The number of anilines is 1. The average Bonchev–Trinajstić information content (AvgIpc) is 3.05. The van der Waals surface area contributed by atoms with Crippen molar-refractivity contribution in [3.05, 3.63) is 109 Å². The summed E-state index contributed by atoms with van der Waals surface area (Å²) in [7, 11) is 0. The van der Waals surface area contributed by atoms with Crippen LogP contribution in [-0.2, 0) is 4.79 Å². The summed E-state index contributed by atoms with van der Waals surface area (Å²) in [5, 5.41) is 11.9. The second kappa shape index (κ2) is 8.22. The number of amidine groups is 1. The Morgan fingerprint density at radius 3 is 2.37 bits per heavy atom. The molecule has 3 aromatic carbocycles.